The maximum atomic E-state index is 11.9. The molecule has 1 saturated heterocycles. The van der Waals surface area contributed by atoms with Crippen molar-refractivity contribution in [3.05, 3.63) is 62.7 Å². The lowest BCUT2D eigenvalue weighted by Crippen LogP contribution is -2.46. The van der Waals surface area contributed by atoms with Gasteiger partial charge in [0.05, 0.1) is 16.6 Å². The van der Waals surface area contributed by atoms with Crippen molar-refractivity contribution in [1.29, 1.82) is 5.26 Å². The van der Waals surface area contributed by atoms with Crippen LogP contribution in [0.2, 0.25) is 5.02 Å². The number of aromatic amines is 1. The van der Waals surface area contributed by atoms with Crippen molar-refractivity contribution >= 4 is 28.5 Å². The van der Waals surface area contributed by atoms with E-state index in [0.29, 0.717) is 16.6 Å². The Morgan fingerprint density at radius 2 is 2.00 bits per heavy atom. The Bertz CT molecular complexity index is 1110. The van der Waals surface area contributed by atoms with Gasteiger partial charge in [-0.3, -0.25) is 14.7 Å². The Morgan fingerprint density at radius 1 is 1.21 bits per heavy atom. The molecule has 1 aliphatic heterocycles. The molecule has 0 aromatic carbocycles. The molecule has 1 N–H and O–H groups in total. The number of hydrogen-bond donors (Lipinski definition) is 1. The van der Waals surface area contributed by atoms with Crippen LogP contribution in [-0.2, 0) is 6.54 Å². The summed E-state index contributed by atoms with van der Waals surface area (Å²) in [6.07, 6.45) is 3.45. The zero-order valence-corrected chi connectivity index (χ0v) is 16.2. The average molecular weight is 395 g/mol. The van der Waals surface area contributed by atoms with E-state index in [4.69, 9.17) is 16.9 Å². The lowest BCUT2D eigenvalue weighted by molar-refractivity contribution is 0.249. The summed E-state index contributed by atoms with van der Waals surface area (Å²) < 4.78 is 0. The van der Waals surface area contributed by atoms with Gasteiger partial charge in [-0.25, -0.2) is 4.98 Å². The van der Waals surface area contributed by atoms with Crippen LogP contribution in [0.4, 0.5) is 5.82 Å². The molecule has 7 nitrogen and oxygen atoms in total. The number of aromatic nitrogens is 3. The summed E-state index contributed by atoms with van der Waals surface area (Å²) in [5.41, 5.74) is 3.48. The van der Waals surface area contributed by atoms with E-state index in [9.17, 15) is 4.79 Å². The molecule has 1 aliphatic rings. The first-order valence-corrected chi connectivity index (χ1v) is 9.43. The van der Waals surface area contributed by atoms with Crippen LogP contribution < -0.4 is 10.5 Å². The van der Waals surface area contributed by atoms with Crippen LogP contribution in [0.15, 0.2) is 35.4 Å². The number of anilines is 1. The summed E-state index contributed by atoms with van der Waals surface area (Å²) in [5, 5.41) is 9.08. The van der Waals surface area contributed by atoms with Gasteiger partial charge in [-0.2, -0.15) is 5.26 Å². The number of aryl methyl sites for hydroxylation is 1. The van der Waals surface area contributed by atoms with Gasteiger partial charge in [0, 0.05) is 50.7 Å². The molecule has 1 fully saturated rings. The third-order valence-electron chi connectivity index (χ3n) is 5.06. The number of pyridine rings is 3. The molecule has 4 rings (SSSR count). The van der Waals surface area contributed by atoms with Gasteiger partial charge < -0.3 is 9.88 Å². The second-order valence-electron chi connectivity index (χ2n) is 6.91. The van der Waals surface area contributed by atoms with Crippen molar-refractivity contribution in [2.45, 2.75) is 13.5 Å². The van der Waals surface area contributed by atoms with Crippen LogP contribution in [0.3, 0.4) is 0 Å². The zero-order valence-electron chi connectivity index (χ0n) is 15.4. The lowest BCUT2D eigenvalue weighted by atomic mass is 10.1. The van der Waals surface area contributed by atoms with E-state index in [0.717, 1.165) is 49.6 Å². The van der Waals surface area contributed by atoms with E-state index < -0.39 is 0 Å². The SMILES string of the molecule is Cc1c(Cl)c(=O)[nH]c2cc(CN3CCN(c4ccc(C#N)cn4)CC3)cnc12. The van der Waals surface area contributed by atoms with Gasteiger partial charge in [-0.15, -0.1) is 0 Å². The van der Waals surface area contributed by atoms with Crippen LogP contribution in [0.25, 0.3) is 11.0 Å². The molecule has 0 bridgehead atoms. The molecule has 28 heavy (non-hydrogen) atoms. The van der Waals surface area contributed by atoms with Gasteiger partial charge in [0.2, 0.25) is 0 Å². The van der Waals surface area contributed by atoms with Crippen molar-refractivity contribution in [2.75, 3.05) is 31.1 Å². The number of nitrogens with zero attached hydrogens (tertiary/aromatic N) is 5. The first-order valence-electron chi connectivity index (χ1n) is 9.05. The van der Waals surface area contributed by atoms with Crippen molar-refractivity contribution in [2.24, 2.45) is 0 Å². The molecule has 0 atom stereocenters. The Hall–Kier alpha value is -2.95. The molecule has 0 saturated carbocycles. The fourth-order valence-corrected chi connectivity index (χ4v) is 3.61. The van der Waals surface area contributed by atoms with Crippen LogP contribution >= 0.6 is 11.6 Å². The second kappa shape index (κ2) is 7.58. The molecule has 3 aromatic heterocycles. The minimum Gasteiger partial charge on any atom is -0.354 e. The average Bonchev–Trinajstić information content (AvgIpc) is 2.73. The minimum atomic E-state index is -0.283. The molecule has 0 unspecified atom stereocenters. The highest BCUT2D eigenvalue weighted by Gasteiger charge is 2.18. The molecule has 142 valence electrons. The molecule has 0 aliphatic carbocycles. The fourth-order valence-electron chi connectivity index (χ4n) is 3.47. The number of nitriles is 1. The van der Waals surface area contributed by atoms with Crippen molar-refractivity contribution < 1.29 is 0 Å². The second-order valence-corrected chi connectivity index (χ2v) is 7.29. The topological polar surface area (TPSA) is 88.9 Å². The van der Waals surface area contributed by atoms with Gasteiger partial charge in [0.25, 0.3) is 5.56 Å². The molecule has 0 radical (unpaired) electrons. The molecular weight excluding hydrogens is 376 g/mol. The monoisotopic (exact) mass is 394 g/mol. The lowest BCUT2D eigenvalue weighted by Gasteiger charge is -2.35. The minimum absolute atomic E-state index is 0.195. The Labute approximate surface area is 167 Å². The first kappa shape index (κ1) is 18.4. The number of H-pyrrole nitrogens is 1. The van der Waals surface area contributed by atoms with Crippen LogP contribution in [0.1, 0.15) is 16.7 Å². The highest BCUT2D eigenvalue weighted by Crippen LogP contribution is 2.20. The van der Waals surface area contributed by atoms with Crippen LogP contribution in [0, 0.1) is 18.3 Å². The Morgan fingerprint density at radius 3 is 2.68 bits per heavy atom. The van der Waals surface area contributed by atoms with E-state index in [2.05, 4.69) is 30.8 Å². The molecule has 0 spiro atoms. The maximum Gasteiger partial charge on any atom is 0.267 e. The number of piperazine rings is 1. The number of nitrogens with one attached hydrogen (secondary N) is 1. The summed E-state index contributed by atoms with van der Waals surface area (Å²) in [5.74, 6) is 0.899. The predicted octanol–water partition coefficient (Wildman–Crippen LogP) is 2.47. The quantitative estimate of drug-likeness (QED) is 0.734. The zero-order chi connectivity index (χ0) is 19.7. The summed E-state index contributed by atoms with van der Waals surface area (Å²) in [6.45, 7) is 6.10. The summed E-state index contributed by atoms with van der Waals surface area (Å²) in [6, 6.07) is 7.75. The third kappa shape index (κ3) is 3.57. The fraction of sp³-hybridized carbons (Fsp3) is 0.300. The maximum absolute atomic E-state index is 11.9. The smallest absolute Gasteiger partial charge is 0.267 e. The molecule has 3 aromatic rings. The van der Waals surface area contributed by atoms with E-state index in [1.54, 1.807) is 12.3 Å². The summed E-state index contributed by atoms with van der Waals surface area (Å²) in [7, 11) is 0. The van der Waals surface area contributed by atoms with Crippen LogP contribution in [0.5, 0.6) is 0 Å². The third-order valence-corrected chi connectivity index (χ3v) is 5.51. The molecular formula is C20H19ClN6O. The molecule has 8 heteroatoms. The standard InChI is InChI=1S/C20H19ClN6O/c1-13-18(21)20(28)25-16-8-15(11-24-19(13)16)12-26-4-6-27(7-5-26)17-3-2-14(9-22)10-23-17/h2-3,8,10-11H,4-7,12H2,1H3,(H,25,28). The number of fused-ring (bicyclic) bond motifs is 1. The number of rotatable bonds is 3. The van der Waals surface area contributed by atoms with E-state index in [-0.39, 0.29) is 10.6 Å². The predicted molar refractivity (Wildman–Crippen MR) is 109 cm³/mol. The van der Waals surface area contributed by atoms with Crippen molar-refractivity contribution in [3.63, 3.8) is 0 Å². The Balaban J connectivity index is 1.44. The van der Waals surface area contributed by atoms with Gasteiger partial charge >= 0.3 is 0 Å². The van der Waals surface area contributed by atoms with Crippen LogP contribution in [-0.4, -0.2) is 46.0 Å². The van der Waals surface area contributed by atoms with E-state index >= 15 is 0 Å². The Kier molecular flexibility index (Phi) is 4.99. The van der Waals surface area contributed by atoms with Gasteiger partial charge in [-0.1, -0.05) is 11.6 Å². The summed E-state index contributed by atoms with van der Waals surface area (Å²) in [4.78, 5) is 28.2. The highest BCUT2D eigenvalue weighted by molar-refractivity contribution is 6.31. The van der Waals surface area contributed by atoms with E-state index in [1.807, 2.05) is 25.3 Å². The van der Waals surface area contributed by atoms with Gasteiger partial charge in [0.1, 0.15) is 16.9 Å². The van der Waals surface area contributed by atoms with Crippen molar-refractivity contribution in [1.82, 2.24) is 19.9 Å². The van der Waals surface area contributed by atoms with Gasteiger partial charge in [0.15, 0.2) is 0 Å². The molecule has 4 heterocycles. The normalized spacial score (nSPS) is 15.0. The first-order chi connectivity index (χ1) is 13.5. The largest absolute Gasteiger partial charge is 0.354 e. The van der Waals surface area contributed by atoms with E-state index in [1.165, 1.54) is 0 Å². The summed E-state index contributed by atoms with van der Waals surface area (Å²) >= 11 is 6.02. The molecule has 0 amide bonds. The van der Waals surface area contributed by atoms with Gasteiger partial charge in [-0.05, 0) is 30.7 Å². The van der Waals surface area contributed by atoms with Crippen molar-refractivity contribution in [3.8, 4) is 6.07 Å². The highest BCUT2D eigenvalue weighted by atomic mass is 35.5. The number of halogens is 1. The number of hydrogen-bond acceptors (Lipinski definition) is 6.